The molecule has 1 amide bonds. The second-order valence-corrected chi connectivity index (χ2v) is 7.04. The average molecular weight is 379 g/mol. The van der Waals surface area contributed by atoms with Crippen LogP contribution in [-0.4, -0.2) is 27.5 Å². The number of hydrogen-bond donors (Lipinski definition) is 1. The summed E-state index contributed by atoms with van der Waals surface area (Å²) < 4.78 is 7.11. The number of carbonyl (C=O) groups is 2. The van der Waals surface area contributed by atoms with Gasteiger partial charge in [0.2, 0.25) is 5.91 Å². The maximum absolute atomic E-state index is 12.5. The van der Waals surface area contributed by atoms with Crippen LogP contribution in [0.5, 0.6) is 0 Å². The van der Waals surface area contributed by atoms with Crippen LogP contribution >= 0.6 is 0 Å². The molecule has 28 heavy (non-hydrogen) atoms. The summed E-state index contributed by atoms with van der Waals surface area (Å²) in [6, 6.07) is 16.8. The van der Waals surface area contributed by atoms with Crippen LogP contribution in [0, 0.1) is 0 Å². The predicted molar refractivity (Wildman–Crippen MR) is 108 cm³/mol. The number of benzene rings is 2. The normalized spacial score (nSPS) is 12.1. The predicted octanol–water partition coefficient (Wildman–Crippen LogP) is 3.41. The highest BCUT2D eigenvalue weighted by atomic mass is 16.5. The van der Waals surface area contributed by atoms with Crippen LogP contribution in [0.25, 0.3) is 11.0 Å². The number of rotatable bonds is 7. The Hall–Kier alpha value is -3.15. The van der Waals surface area contributed by atoms with E-state index in [1.54, 1.807) is 0 Å². The van der Waals surface area contributed by atoms with E-state index in [0.29, 0.717) is 12.2 Å². The number of aromatic nitrogens is 2. The third-order valence-corrected chi connectivity index (χ3v) is 4.31. The van der Waals surface area contributed by atoms with Gasteiger partial charge in [-0.1, -0.05) is 42.5 Å². The highest BCUT2D eigenvalue weighted by Gasteiger charge is 2.20. The van der Waals surface area contributed by atoms with Crippen LogP contribution < -0.4 is 5.32 Å². The summed E-state index contributed by atoms with van der Waals surface area (Å²) in [4.78, 5) is 29.3. The van der Waals surface area contributed by atoms with Crippen molar-refractivity contribution in [1.82, 2.24) is 14.9 Å². The van der Waals surface area contributed by atoms with Crippen molar-refractivity contribution in [3.05, 3.63) is 66.0 Å². The lowest BCUT2D eigenvalue weighted by molar-refractivity contribution is -0.148. The fourth-order valence-electron chi connectivity index (χ4n) is 3.16. The zero-order chi connectivity index (χ0) is 20.1. The van der Waals surface area contributed by atoms with Gasteiger partial charge >= 0.3 is 5.97 Å². The van der Waals surface area contributed by atoms with Crippen molar-refractivity contribution in [3.8, 4) is 0 Å². The van der Waals surface area contributed by atoms with E-state index in [0.717, 1.165) is 16.6 Å². The minimum absolute atomic E-state index is 0.0485. The number of nitrogens with zero attached hydrogens (tertiary/aromatic N) is 2. The highest BCUT2D eigenvalue weighted by molar-refractivity contribution is 5.81. The minimum atomic E-state index is -0.351. The van der Waals surface area contributed by atoms with Crippen LogP contribution in [-0.2, 0) is 27.3 Å². The molecular weight excluding hydrogens is 354 g/mol. The standard InChI is InChI=1S/C22H25N3O3/c1-15(2)28-21(27)14-25-19-12-8-7-11-18(19)24-22(25)16(3)23-20(26)13-17-9-5-4-6-10-17/h4-12,15-16H,13-14H2,1-3H3,(H,23,26). The molecule has 0 bridgehead atoms. The first-order valence-corrected chi connectivity index (χ1v) is 9.42. The molecule has 2 aromatic carbocycles. The number of nitrogens with one attached hydrogen (secondary N) is 1. The summed E-state index contributed by atoms with van der Waals surface area (Å²) >= 11 is 0. The average Bonchev–Trinajstić information content (AvgIpc) is 3.00. The molecule has 6 heteroatoms. The molecule has 1 unspecified atom stereocenters. The van der Waals surface area contributed by atoms with Gasteiger partial charge in [0.25, 0.3) is 0 Å². The quantitative estimate of drug-likeness (QED) is 0.639. The Kier molecular flexibility index (Phi) is 6.09. The van der Waals surface area contributed by atoms with E-state index in [9.17, 15) is 9.59 Å². The first-order valence-electron chi connectivity index (χ1n) is 9.42. The molecule has 0 aliphatic heterocycles. The summed E-state index contributed by atoms with van der Waals surface area (Å²) in [6.07, 6.45) is 0.106. The number of esters is 1. The number of carbonyl (C=O) groups excluding carboxylic acids is 2. The molecule has 0 aliphatic carbocycles. The number of ether oxygens (including phenoxy) is 1. The molecule has 0 aliphatic rings. The maximum atomic E-state index is 12.5. The van der Waals surface area contributed by atoms with Crippen molar-refractivity contribution in [2.75, 3.05) is 0 Å². The number of imidazole rings is 1. The molecule has 3 rings (SSSR count). The van der Waals surface area contributed by atoms with Gasteiger partial charge in [0.05, 0.1) is 29.6 Å². The van der Waals surface area contributed by atoms with E-state index in [2.05, 4.69) is 10.3 Å². The van der Waals surface area contributed by atoms with Crippen molar-refractivity contribution in [2.45, 2.75) is 45.9 Å². The minimum Gasteiger partial charge on any atom is -0.462 e. The molecule has 1 aromatic heterocycles. The topological polar surface area (TPSA) is 73.2 Å². The molecule has 0 saturated heterocycles. The Balaban J connectivity index is 1.81. The first-order chi connectivity index (χ1) is 13.4. The second kappa shape index (κ2) is 8.69. The summed E-state index contributed by atoms with van der Waals surface area (Å²) in [6.45, 7) is 5.55. The van der Waals surface area contributed by atoms with Gasteiger partial charge in [-0.25, -0.2) is 4.98 Å². The molecule has 0 spiro atoms. The van der Waals surface area contributed by atoms with E-state index < -0.39 is 0 Å². The molecule has 3 aromatic rings. The maximum Gasteiger partial charge on any atom is 0.326 e. The zero-order valence-corrected chi connectivity index (χ0v) is 16.4. The van der Waals surface area contributed by atoms with Gasteiger partial charge < -0.3 is 14.6 Å². The third-order valence-electron chi connectivity index (χ3n) is 4.31. The van der Waals surface area contributed by atoms with Crippen LogP contribution in [0.2, 0.25) is 0 Å². The fraction of sp³-hybridized carbons (Fsp3) is 0.318. The molecule has 0 saturated carbocycles. The van der Waals surface area contributed by atoms with Gasteiger partial charge in [-0.3, -0.25) is 9.59 Å². The number of hydrogen-bond acceptors (Lipinski definition) is 4. The molecule has 0 fully saturated rings. The number of fused-ring (bicyclic) bond motifs is 1. The molecule has 6 nitrogen and oxygen atoms in total. The Bertz CT molecular complexity index is 964. The Labute approximate surface area is 164 Å². The third kappa shape index (κ3) is 4.76. The molecule has 1 atom stereocenters. The first kappa shape index (κ1) is 19.6. The Morgan fingerprint density at radius 1 is 1.04 bits per heavy atom. The summed E-state index contributed by atoms with van der Waals surface area (Å²) in [5.74, 6) is 0.201. The van der Waals surface area contributed by atoms with Gasteiger partial charge in [0.1, 0.15) is 12.4 Å². The number of para-hydroxylation sites is 2. The van der Waals surface area contributed by atoms with Crippen molar-refractivity contribution >= 4 is 22.9 Å². The van der Waals surface area contributed by atoms with Crippen LogP contribution in [0.3, 0.4) is 0 Å². The van der Waals surface area contributed by atoms with E-state index in [-0.39, 0.29) is 30.6 Å². The Morgan fingerprint density at radius 3 is 2.43 bits per heavy atom. The van der Waals surface area contributed by atoms with Crippen molar-refractivity contribution < 1.29 is 14.3 Å². The number of amides is 1. The summed E-state index contributed by atoms with van der Waals surface area (Å²) in [5, 5.41) is 2.99. The van der Waals surface area contributed by atoms with Crippen LogP contribution in [0.4, 0.5) is 0 Å². The monoisotopic (exact) mass is 379 g/mol. The second-order valence-electron chi connectivity index (χ2n) is 7.04. The van der Waals surface area contributed by atoms with E-state index in [1.165, 1.54) is 0 Å². The van der Waals surface area contributed by atoms with E-state index >= 15 is 0 Å². The lowest BCUT2D eigenvalue weighted by atomic mass is 10.1. The van der Waals surface area contributed by atoms with Gasteiger partial charge in [-0.2, -0.15) is 0 Å². The lowest BCUT2D eigenvalue weighted by Gasteiger charge is -2.17. The van der Waals surface area contributed by atoms with Gasteiger partial charge in [-0.05, 0) is 38.5 Å². The molecule has 146 valence electrons. The van der Waals surface area contributed by atoms with Crippen LogP contribution in [0.1, 0.15) is 38.2 Å². The molecule has 1 N–H and O–H groups in total. The summed E-state index contributed by atoms with van der Waals surface area (Å²) in [5.41, 5.74) is 2.56. The Morgan fingerprint density at radius 2 is 1.71 bits per heavy atom. The largest absolute Gasteiger partial charge is 0.462 e. The lowest BCUT2D eigenvalue weighted by Crippen LogP contribution is -2.30. The molecule has 0 radical (unpaired) electrons. The highest BCUT2D eigenvalue weighted by Crippen LogP contribution is 2.21. The van der Waals surface area contributed by atoms with Gasteiger partial charge in [-0.15, -0.1) is 0 Å². The zero-order valence-electron chi connectivity index (χ0n) is 16.4. The smallest absolute Gasteiger partial charge is 0.326 e. The van der Waals surface area contributed by atoms with Crippen molar-refractivity contribution in [2.24, 2.45) is 0 Å². The van der Waals surface area contributed by atoms with Gasteiger partial charge in [0, 0.05) is 0 Å². The fourth-order valence-corrected chi connectivity index (χ4v) is 3.16. The van der Waals surface area contributed by atoms with Gasteiger partial charge in [0.15, 0.2) is 0 Å². The van der Waals surface area contributed by atoms with Crippen LogP contribution in [0.15, 0.2) is 54.6 Å². The molecular formula is C22H25N3O3. The summed E-state index contributed by atoms with van der Waals surface area (Å²) in [7, 11) is 0. The van der Waals surface area contributed by atoms with E-state index in [1.807, 2.05) is 79.9 Å². The van der Waals surface area contributed by atoms with E-state index in [4.69, 9.17) is 4.74 Å². The molecule has 1 heterocycles. The van der Waals surface area contributed by atoms with Crippen molar-refractivity contribution in [3.63, 3.8) is 0 Å². The SMILES string of the molecule is CC(C)OC(=O)Cn1c(C(C)NC(=O)Cc2ccccc2)nc2ccccc21. The van der Waals surface area contributed by atoms with Crippen molar-refractivity contribution in [1.29, 1.82) is 0 Å².